The van der Waals surface area contributed by atoms with Gasteiger partial charge in [-0.1, -0.05) is 12.1 Å². The first-order chi connectivity index (χ1) is 11.9. The molecule has 2 aromatic rings. The minimum Gasteiger partial charge on any atom is -0.493 e. The first-order valence-electron chi connectivity index (χ1n) is 7.00. The van der Waals surface area contributed by atoms with Crippen LogP contribution in [-0.4, -0.2) is 21.4 Å². The van der Waals surface area contributed by atoms with Crippen molar-refractivity contribution in [2.24, 2.45) is 0 Å². The van der Waals surface area contributed by atoms with E-state index in [4.69, 9.17) is 14.2 Å². The molecule has 25 heavy (non-hydrogen) atoms. The fourth-order valence-electron chi connectivity index (χ4n) is 2.51. The number of ether oxygens (including phenoxy) is 1. The number of hydrogen-bond acceptors (Lipinski definition) is 6. The summed E-state index contributed by atoms with van der Waals surface area (Å²) in [4.78, 5) is 11.7. The van der Waals surface area contributed by atoms with Crippen LogP contribution in [0.5, 0.6) is 11.5 Å². The van der Waals surface area contributed by atoms with Crippen LogP contribution >= 0.6 is 22.6 Å². The Morgan fingerprint density at radius 3 is 2.72 bits per heavy atom. The Morgan fingerprint density at radius 2 is 2.04 bits per heavy atom. The number of amides is 1. The van der Waals surface area contributed by atoms with Gasteiger partial charge in [-0.25, -0.2) is 0 Å². The molecular formula is C16H11IN2O5S. The summed E-state index contributed by atoms with van der Waals surface area (Å²) in [6, 6.07) is 9.09. The molecule has 1 aliphatic heterocycles. The zero-order valence-corrected chi connectivity index (χ0v) is 15.8. The van der Waals surface area contributed by atoms with Gasteiger partial charge in [0.1, 0.15) is 11.0 Å². The number of benzene rings is 2. The molecule has 7 nitrogen and oxygen atoms in total. The van der Waals surface area contributed by atoms with Crippen LogP contribution in [0.4, 0.5) is 0 Å². The molecule has 1 amide bonds. The van der Waals surface area contributed by atoms with Crippen LogP contribution in [0.3, 0.4) is 0 Å². The van der Waals surface area contributed by atoms with Crippen LogP contribution in [0, 0.1) is 14.9 Å². The maximum absolute atomic E-state index is 12.7. The summed E-state index contributed by atoms with van der Waals surface area (Å²) in [5.74, 6) is -0.164. The van der Waals surface area contributed by atoms with E-state index in [1.165, 1.54) is 31.4 Å². The zero-order valence-electron chi connectivity index (χ0n) is 12.9. The third kappa shape index (κ3) is 3.03. The van der Waals surface area contributed by atoms with Crippen molar-refractivity contribution in [3.8, 4) is 17.6 Å². The highest BCUT2D eigenvalue weighted by atomic mass is 127. The average molecular weight is 470 g/mol. The monoisotopic (exact) mass is 470 g/mol. The van der Waals surface area contributed by atoms with E-state index in [0.717, 1.165) is 0 Å². The summed E-state index contributed by atoms with van der Waals surface area (Å²) in [7, 11) is -2.90. The topological polar surface area (TPSA) is 105 Å². The van der Waals surface area contributed by atoms with E-state index in [1.54, 1.807) is 6.07 Å². The smallest absolute Gasteiger partial charge is 0.340 e. The van der Waals surface area contributed by atoms with E-state index in [0.29, 0.717) is 14.7 Å². The number of hydrogen-bond donors (Lipinski definition) is 1. The maximum atomic E-state index is 12.7. The van der Waals surface area contributed by atoms with Gasteiger partial charge in [-0.15, -0.1) is 0 Å². The Bertz CT molecular complexity index is 1030. The molecule has 1 aliphatic rings. The fourth-order valence-corrected chi connectivity index (χ4v) is 4.48. The molecule has 2 aromatic carbocycles. The SMILES string of the molecule is COc1cc(I)c2c(c1OS(=O)(=O)c1ccccc1C#N)CNC2=O. The van der Waals surface area contributed by atoms with Crippen molar-refractivity contribution in [3.63, 3.8) is 0 Å². The first kappa shape index (κ1) is 17.5. The zero-order chi connectivity index (χ0) is 18.2. The quantitative estimate of drug-likeness (QED) is 0.543. The summed E-state index contributed by atoms with van der Waals surface area (Å²) in [5.41, 5.74) is 0.741. The molecule has 0 aliphatic carbocycles. The molecule has 1 N–H and O–H groups in total. The predicted molar refractivity (Wildman–Crippen MR) is 95.9 cm³/mol. The number of methoxy groups -OCH3 is 1. The van der Waals surface area contributed by atoms with Gasteiger partial charge >= 0.3 is 10.1 Å². The highest BCUT2D eigenvalue weighted by molar-refractivity contribution is 14.1. The number of fused-ring (bicyclic) bond motifs is 1. The van der Waals surface area contributed by atoms with Crippen LogP contribution in [0.2, 0.25) is 0 Å². The number of carbonyl (C=O) groups excluding carboxylic acids is 1. The van der Waals surface area contributed by atoms with Crippen molar-refractivity contribution in [1.29, 1.82) is 5.26 Å². The summed E-state index contributed by atoms with van der Waals surface area (Å²) < 4.78 is 36.5. The minimum absolute atomic E-state index is 0.0298. The lowest BCUT2D eigenvalue weighted by molar-refractivity contribution is 0.0965. The number of carbonyl (C=O) groups is 1. The van der Waals surface area contributed by atoms with E-state index in [2.05, 4.69) is 5.32 Å². The standard InChI is InChI=1S/C16H11IN2O5S/c1-23-12-6-11(17)14-10(8-19-16(14)20)15(12)24-25(21,22)13-5-3-2-4-9(13)7-18/h2-6H,8H2,1H3,(H,19,20). The van der Waals surface area contributed by atoms with E-state index >= 15 is 0 Å². The second kappa shape index (κ2) is 6.53. The molecule has 0 atom stereocenters. The van der Waals surface area contributed by atoms with Crippen molar-refractivity contribution in [1.82, 2.24) is 5.32 Å². The summed E-state index contributed by atoms with van der Waals surface area (Å²) >= 11 is 1.98. The van der Waals surface area contributed by atoms with Crippen molar-refractivity contribution in [3.05, 3.63) is 50.6 Å². The van der Waals surface area contributed by atoms with Crippen molar-refractivity contribution < 1.29 is 22.1 Å². The number of halogens is 1. The van der Waals surface area contributed by atoms with E-state index in [9.17, 15) is 13.2 Å². The van der Waals surface area contributed by atoms with Crippen molar-refractivity contribution in [2.45, 2.75) is 11.4 Å². The van der Waals surface area contributed by atoms with Gasteiger partial charge in [0.2, 0.25) is 0 Å². The van der Waals surface area contributed by atoms with Gasteiger partial charge in [0.25, 0.3) is 5.91 Å². The van der Waals surface area contributed by atoms with Crippen molar-refractivity contribution >= 4 is 38.6 Å². The Morgan fingerprint density at radius 1 is 1.32 bits per heavy atom. The molecule has 0 spiro atoms. The van der Waals surface area contributed by atoms with Crippen LogP contribution < -0.4 is 14.2 Å². The van der Waals surface area contributed by atoms with Gasteiger partial charge in [-0.2, -0.15) is 13.7 Å². The van der Waals surface area contributed by atoms with Gasteiger partial charge in [0, 0.05) is 15.7 Å². The number of nitriles is 1. The van der Waals surface area contributed by atoms with Gasteiger partial charge in [0.05, 0.1) is 18.2 Å². The largest absolute Gasteiger partial charge is 0.493 e. The molecule has 0 aromatic heterocycles. The average Bonchev–Trinajstić information content (AvgIpc) is 2.99. The molecule has 1 heterocycles. The number of nitrogens with one attached hydrogen (secondary N) is 1. The lowest BCUT2D eigenvalue weighted by Gasteiger charge is -2.15. The van der Waals surface area contributed by atoms with Crippen LogP contribution in [-0.2, 0) is 16.7 Å². The first-order valence-corrected chi connectivity index (χ1v) is 9.49. The predicted octanol–water partition coefficient (Wildman–Crippen LogP) is 2.18. The van der Waals surface area contributed by atoms with Crippen LogP contribution in [0.1, 0.15) is 21.5 Å². The van der Waals surface area contributed by atoms with E-state index in [1.807, 2.05) is 28.7 Å². The Balaban J connectivity index is 2.16. The third-order valence-electron chi connectivity index (χ3n) is 3.64. The van der Waals surface area contributed by atoms with Gasteiger partial charge in [-0.05, 0) is 40.8 Å². The molecule has 0 unspecified atom stereocenters. The fraction of sp³-hybridized carbons (Fsp3) is 0.125. The Labute approximate surface area is 157 Å². The molecule has 0 saturated heterocycles. The maximum Gasteiger partial charge on any atom is 0.340 e. The summed E-state index contributed by atoms with van der Waals surface area (Å²) in [6.45, 7) is 0.131. The lowest BCUT2D eigenvalue weighted by atomic mass is 10.1. The minimum atomic E-state index is -4.28. The number of nitrogens with zero attached hydrogens (tertiary/aromatic N) is 1. The lowest BCUT2D eigenvalue weighted by Crippen LogP contribution is -2.14. The molecule has 0 bridgehead atoms. The van der Waals surface area contributed by atoms with Gasteiger partial charge < -0.3 is 14.2 Å². The molecule has 3 rings (SSSR count). The Kier molecular flexibility index (Phi) is 4.57. The van der Waals surface area contributed by atoms with Crippen molar-refractivity contribution in [2.75, 3.05) is 7.11 Å². The third-order valence-corrected chi connectivity index (χ3v) is 5.77. The Hall–Kier alpha value is -2.32. The molecule has 0 radical (unpaired) electrons. The van der Waals surface area contributed by atoms with E-state index < -0.39 is 10.1 Å². The second-order valence-corrected chi connectivity index (χ2v) is 7.75. The summed E-state index contributed by atoms with van der Waals surface area (Å²) in [5, 5.41) is 11.8. The molecule has 9 heteroatoms. The van der Waals surface area contributed by atoms with E-state index in [-0.39, 0.29) is 34.4 Å². The van der Waals surface area contributed by atoms with Crippen LogP contribution in [0.25, 0.3) is 0 Å². The van der Waals surface area contributed by atoms with Gasteiger partial charge in [0.15, 0.2) is 11.5 Å². The van der Waals surface area contributed by atoms with Crippen LogP contribution in [0.15, 0.2) is 35.2 Å². The molecule has 128 valence electrons. The summed E-state index contributed by atoms with van der Waals surface area (Å²) in [6.07, 6.45) is 0. The highest BCUT2D eigenvalue weighted by Crippen LogP contribution is 2.40. The van der Waals surface area contributed by atoms with Gasteiger partial charge in [-0.3, -0.25) is 4.79 Å². The normalized spacial score (nSPS) is 12.9. The molecule has 0 saturated carbocycles. The molecule has 0 fully saturated rings. The number of rotatable bonds is 4. The molecular weight excluding hydrogens is 459 g/mol. The highest BCUT2D eigenvalue weighted by Gasteiger charge is 2.32. The second-order valence-electron chi connectivity index (χ2n) is 5.07.